The van der Waals surface area contributed by atoms with Crippen LogP contribution in [0.1, 0.15) is 34.6 Å². The minimum atomic E-state index is 0.223. The zero-order chi connectivity index (χ0) is 13.1. The van der Waals surface area contributed by atoms with E-state index in [0.29, 0.717) is 6.42 Å². The van der Waals surface area contributed by atoms with Crippen molar-refractivity contribution in [2.45, 2.75) is 25.7 Å². The standard InChI is InChI=1S/C13H21N3OS/c1-15(2)8-5-9-16(3)13-14-12-10(17)6-4-7-11(12)18-13/h4-9H2,1-3H3. The fraction of sp³-hybridized carbons (Fsp3) is 0.692. The van der Waals surface area contributed by atoms with Gasteiger partial charge >= 0.3 is 0 Å². The fourth-order valence-corrected chi connectivity index (χ4v) is 3.24. The van der Waals surface area contributed by atoms with Crippen LogP contribution in [0.15, 0.2) is 0 Å². The van der Waals surface area contributed by atoms with Gasteiger partial charge in [-0.2, -0.15) is 0 Å². The zero-order valence-corrected chi connectivity index (χ0v) is 12.2. The number of carbonyl (C=O) groups is 1. The van der Waals surface area contributed by atoms with Gasteiger partial charge in [-0.15, -0.1) is 11.3 Å². The number of hydrogen-bond acceptors (Lipinski definition) is 5. The first-order valence-corrected chi connectivity index (χ1v) is 7.28. The van der Waals surface area contributed by atoms with E-state index in [-0.39, 0.29) is 5.78 Å². The molecule has 0 unspecified atom stereocenters. The van der Waals surface area contributed by atoms with Crippen molar-refractivity contribution in [2.75, 3.05) is 39.1 Å². The summed E-state index contributed by atoms with van der Waals surface area (Å²) in [5, 5.41) is 0.994. The first-order chi connectivity index (χ1) is 8.58. The fourth-order valence-electron chi connectivity index (χ4n) is 2.14. The number of hydrogen-bond donors (Lipinski definition) is 0. The Morgan fingerprint density at radius 3 is 2.67 bits per heavy atom. The predicted molar refractivity (Wildman–Crippen MR) is 75.8 cm³/mol. The molecule has 0 saturated heterocycles. The van der Waals surface area contributed by atoms with Gasteiger partial charge < -0.3 is 9.80 Å². The van der Waals surface area contributed by atoms with Gasteiger partial charge in [0.1, 0.15) is 5.69 Å². The largest absolute Gasteiger partial charge is 0.351 e. The first-order valence-electron chi connectivity index (χ1n) is 6.46. The predicted octanol–water partition coefficient (Wildman–Crippen LogP) is 2.05. The van der Waals surface area contributed by atoms with Crippen molar-refractivity contribution in [2.24, 2.45) is 0 Å². The second-order valence-electron chi connectivity index (χ2n) is 5.12. The third-order valence-corrected chi connectivity index (χ3v) is 4.41. The van der Waals surface area contributed by atoms with Crippen molar-refractivity contribution >= 4 is 22.3 Å². The van der Waals surface area contributed by atoms with Crippen molar-refractivity contribution in [1.82, 2.24) is 9.88 Å². The molecule has 1 aliphatic rings. The summed E-state index contributed by atoms with van der Waals surface area (Å²) in [5.41, 5.74) is 0.737. The van der Waals surface area contributed by atoms with Crippen molar-refractivity contribution < 1.29 is 4.79 Å². The highest BCUT2D eigenvalue weighted by Gasteiger charge is 2.23. The molecule has 0 spiro atoms. The third kappa shape index (κ3) is 3.09. The van der Waals surface area contributed by atoms with Crippen LogP contribution in [-0.2, 0) is 6.42 Å². The van der Waals surface area contributed by atoms with E-state index in [9.17, 15) is 4.79 Å². The molecule has 0 N–H and O–H groups in total. The van der Waals surface area contributed by atoms with Crippen LogP contribution in [0.4, 0.5) is 5.13 Å². The van der Waals surface area contributed by atoms with Crippen LogP contribution in [0.2, 0.25) is 0 Å². The van der Waals surface area contributed by atoms with Crippen LogP contribution in [0.25, 0.3) is 0 Å². The van der Waals surface area contributed by atoms with E-state index in [1.54, 1.807) is 11.3 Å². The monoisotopic (exact) mass is 267 g/mol. The first kappa shape index (κ1) is 13.5. The molecular weight excluding hydrogens is 246 g/mol. The number of fused-ring (bicyclic) bond motifs is 1. The molecule has 0 aromatic carbocycles. The van der Waals surface area contributed by atoms with E-state index in [1.807, 2.05) is 0 Å². The summed E-state index contributed by atoms with van der Waals surface area (Å²) in [6, 6.07) is 0. The highest BCUT2D eigenvalue weighted by Crippen LogP contribution is 2.31. The lowest BCUT2D eigenvalue weighted by Gasteiger charge is -2.17. The van der Waals surface area contributed by atoms with Gasteiger partial charge in [-0.05, 0) is 39.9 Å². The third-order valence-electron chi connectivity index (χ3n) is 3.18. The minimum Gasteiger partial charge on any atom is -0.351 e. The summed E-state index contributed by atoms with van der Waals surface area (Å²) < 4.78 is 0. The van der Waals surface area contributed by atoms with E-state index in [1.165, 1.54) is 4.88 Å². The molecule has 0 aliphatic heterocycles. The molecule has 5 heteroatoms. The molecule has 1 aromatic rings. The lowest BCUT2D eigenvalue weighted by atomic mass is 10.0. The second kappa shape index (κ2) is 5.80. The lowest BCUT2D eigenvalue weighted by Crippen LogP contribution is -2.23. The molecule has 2 rings (SSSR count). The topological polar surface area (TPSA) is 36.4 Å². The Balaban J connectivity index is 1.98. The summed E-state index contributed by atoms with van der Waals surface area (Å²) in [6.07, 6.45) is 3.78. The smallest absolute Gasteiger partial charge is 0.185 e. The number of anilines is 1. The van der Waals surface area contributed by atoms with Crippen LogP contribution in [0.3, 0.4) is 0 Å². The number of ketones is 1. The van der Waals surface area contributed by atoms with Gasteiger partial charge in [0.25, 0.3) is 0 Å². The Morgan fingerprint density at radius 2 is 2.00 bits per heavy atom. The molecular formula is C13H21N3OS. The maximum atomic E-state index is 11.7. The number of aromatic nitrogens is 1. The minimum absolute atomic E-state index is 0.223. The molecule has 0 radical (unpaired) electrons. The average molecular weight is 267 g/mol. The summed E-state index contributed by atoms with van der Waals surface area (Å²) in [4.78, 5) is 21.8. The van der Waals surface area contributed by atoms with Gasteiger partial charge in [0, 0.05) is 24.9 Å². The molecule has 100 valence electrons. The summed E-state index contributed by atoms with van der Waals surface area (Å²) in [5.74, 6) is 0.223. The number of thiazole rings is 1. The maximum Gasteiger partial charge on any atom is 0.185 e. The maximum absolute atomic E-state index is 11.7. The van der Waals surface area contributed by atoms with Gasteiger partial charge in [-0.1, -0.05) is 0 Å². The van der Waals surface area contributed by atoms with Crippen LogP contribution in [0.5, 0.6) is 0 Å². The van der Waals surface area contributed by atoms with Gasteiger partial charge in [0.15, 0.2) is 10.9 Å². The molecule has 0 saturated carbocycles. The van der Waals surface area contributed by atoms with Crippen molar-refractivity contribution in [3.8, 4) is 0 Å². The SMILES string of the molecule is CN(C)CCCN(C)c1nc2c(s1)CCCC2=O. The van der Waals surface area contributed by atoms with Crippen molar-refractivity contribution in [1.29, 1.82) is 0 Å². The Hall–Kier alpha value is -0.940. The van der Waals surface area contributed by atoms with E-state index in [2.05, 4.69) is 35.9 Å². The summed E-state index contributed by atoms with van der Waals surface area (Å²) in [7, 11) is 6.23. The molecule has 18 heavy (non-hydrogen) atoms. The Labute approximate surface area is 113 Å². The second-order valence-corrected chi connectivity index (χ2v) is 6.19. The van der Waals surface area contributed by atoms with Crippen molar-refractivity contribution in [3.63, 3.8) is 0 Å². The highest BCUT2D eigenvalue weighted by molar-refractivity contribution is 7.16. The number of rotatable bonds is 5. The normalized spacial score (nSPS) is 15.0. The number of carbonyl (C=O) groups excluding carboxylic acids is 1. The summed E-state index contributed by atoms with van der Waals surface area (Å²) in [6.45, 7) is 2.06. The van der Waals surface area contributed by atoms with Crippen molar-refractivity contribution in [3.05, 3.63) is 10.6 Å². The number of Topliss-reactive ketones (excluding diaryl/α,β-unsaturated/α-hetero) is 1. The average Bonchev–Trinajstić information content (AvgIpc) is 2.74. The van der Waals surface area contributed by atoms with Gasteiger partial charge in [0.05, 0.1) is 0 Å². The van der Waals surface area contributed by atoms with Crippen LogP contribution in [-0.4, -0.2) is 49.9 Å². The number of aryl methyl sites for hydroxylation is 1. The Bertz CT molecular complexity index is 428. The molecule has 0 bridgehead atoms. The van der Waals surface area contributed by atoms with E-state index in [4.69, 9.17) is 0 Å². The molecule has 1 heterocycles. The van der Waals surface area contributed by atoms with Gasteiger partial charge in [-0.3, -0.25) is 4.79 Å². The molecule has 1 aromatic heterocycles. The molecule has 0 amide bonds. The van der Waals surface area contributed by atoms with E-state index < -0.39 is 0 Å². The van der Waals surface area contributed by atoms with Crippen LogP contribution in [0, 0.1) is 0 Å². The summed E-state index contributed by atoms with van der Waals surface area (Å²) >= 11 is 1.69. The number of nitrogens with zero attached hydrogens (tertiary/aromatic N) is 3. The van der Waals surface area contributed by atoms with Gasteiger partial charge in [-0.25, -0.2) is 4.98 Å². The quantitative estimate of drug-likeness (QED) is 0.818. The van der Waals surface area contributed by atoms with E-state index in [0.717, 1.165) is 43.2 Å². The van der Waals surface area contributed by atoms with E-state index >= 15 is 0 Å². The lowest BCUT2D eigenvalue weighted by molar-refractivity contribution is 0.0968. The molecule has 4 nitrogen and oxygen atoms in total. The zero-order valence-electron chi connectivity index (χ0n) is 11.4. The molecule has 0 fully saturated rings. The Kier molecular flexibility index (Phi) is 4.35. The van der Waals surface area contributed by atoms with Crippen LogP contribution < -0.4 is 4.90 Å². The van der Waals surface area contributed by atoms with Gasteiger partial charge in [0.2, 0.25) is 0 Å². The molecule has 0 atom stereocenters. The van der Waals surface area contributed by atoms with Crippen LogP contribution >= 0.6 is 11.3 Å². The Morgan fingerprint density at radius 1 is 1.22 bits per heavy atom. The highest BCUT2D eigenvalue weighted by atomic mass is 32.1. The molecule has 1 aliphatic carbocycles.